The van der Waals surface area contributed by atoms with Crippen LogP contribution in [0.2, 0.25) is 0 Å². The fraction of sp³-hybridized carbons (Fsp3) is 0.118. The van der Waals surface area contributed by atoms with E-state index in [1.165, 1.54) is 26.4 Å². The molecule has 8 aromatic rings. The van der Waals surface area contributed by atoms with E-state index in [-0.39, 0.29) is 11.5 Å². The topological polar surface area (TPSA) is 106 Å². The van der Waals surface area contributed by atoms with Crippen molar-refractivity contribution in [1.29, 1.82) is 0 Å². The van der Waals surface area contributed by atoms with E-state index in [0.717, 1.165) is 43.9 Å². The number of nitrogens with zero attached hydrogens (tertiary/aromatic N) is 8. The van der Waals surface area contributed by atoms with Crippen LogP contribution in [0.1, 0.15) is 0 Å². The summed E-state index contributed by atoms with van der Waals surface area (Å²) in [6, 6.07) is 17.2. The molecule has 0 aliphatic heterocycles. The summed E-state index contributed by atoms with van der Waals surface area (Å²) in [7, 11) is 6.63. The predicted octanol–water partition coefficient (Wildman–Crippen LogP) is 6.66. The molecule has 4 aromatic carbocycles. The largest absolute Gasteiger partial charge is 0.494 e. The van der Waals surface area contributed by atoms with Gasteiger partial charge in [-0.15, -0.1) is 0 Å². The number of ether oxygens (including phenoxy) is 2. The van der Waals surface area contributed by atoms with Gasteiger partial charge in [0.25, 0.3) is 0 Å². The molecule has 46 heavy (non-hydrogen) atoms. The zero-order valence-corrected chi connectivity index (χ0v) is 25.2. The molecule has 0 fully saturated rings. The van der Waals surface area contributed by atoms with Crippen molar-refractivity contribution in [2.45, 2.75) is 0 Å². The molecule has 0 aliphatic rings. The Kier molecular flexibility index (Phi) is 7.16. The first-order valence-electron chi connectivity index (χ1n) is 14.2. The van der Waals surface area contributed by atoms with E-state index < -0.39 is 11.6 Å². The highest BCUT2D eigenvalue weighted by Gasteiger charge is 2.11. The van der Waals surface area contributed by atoms with Crippen LogP contribution in [0.3, 0.4) is 0 Å². The Morgan fingerprint density at radius 1 is 0.609 bits per heavy atom. The molecule has 12 heteroatoms. The van der Waals surface area contributed by atoms with Crippen LogP contribution >= 0.6 is 0 Å². The summed E-state index contributed by atoms with van der Waals surface area (Å²) >= 11 is 0. The van der Waals surface area contributed by atoms with Crippen molar-refractivity contribution in [3.63, 3.8) is 0 Å². The van der Waals surface area contributed by atoms with Gasteiger partial charge in [0.1, 0.15) is 0 Å². The summed E-state index contributed by atoms with van der Waals surface area (Å²) in [6.45, 7) is 0. The van der Waals surface area contributed by atoms with Crippen LogP contribution in [0.15, 0.2) is 85.5 Å². The van der Waals surface area contributed by atoms with Crippen molar-refractivity contribution in [3.05, 3.63) is 97.1 Å². The number of rotatable bonds is 4. The molecule has 4 aromatic heterocycles. The van der Waals surface area contributed by atoms with Gasteiger partial charge in [0.2, 0.25) is 0 Å². The molecule has 0 saturated heterocycles. The lowest BCUT2D eigenvalue weighted by Crippen LogP contribution is -1.93. The number of benzene rings is 4. The highest BCUT2D eigenvalue weighted by Crippen LogP contribution is 2.28. The Bertz CT molecular complexity index is 2410. The van der Waals surface area contributed by atoms with Crippen molar-refractivity contribution in [1.82, 2.24) is 39.5 Å². The standard InChI is InChI=1S/2C17H13FN4O/c1-22-9-11-6-14-15(7-13(11)21-22)20-16(8-19-14)10-3-4-17(23-2)12(18)5-10;1-22-16-7-14-13(6-11(16)8-20-22)19-9-15(21-14)10-3-4-17(23-2)12(18)5-10/h2*3-9H,1-2H3. The number of aromatic nitrogens is 8. The first-order chi connectivity index (χ1) is 22.3. The summed E-state index contributed by atoms with van der Waals surface area (Å²) in [5.41, 5.74) is 7.39. The van der Waals surface area contributed by atoms with Crippen LogP contribution in [0, 0.1) is 11.6 Å². The molecule has 10 nitrogen and oxygen atoms in total. The minimum Gasteiger partial charge on any atom is -0.494 e. The second-order valence-corrected chi connectivity index (χ2v) is 10.6. The van der Waals surface area contributed by atoms with Gasteiger partial charge >= 0.3 is 0 Å². The van der Waals surface area contributed by atoms with Crippen LogP contribution in [-0.4, -0.2) is 53.7 Å². The number of halogens is 2. The van der Waals surface area contributed by atoms with E-state index in [0.29, 0.717) is 22.5 Å². The Labute approximate surface area is 260 Å². The van der Waals surface area contributed by atoms with Crippen molar-refractivity contribution in [3.8, 4) is 34.0 Å². The number of hydrogen-bond acceptors (Lipinski definition) is 8. The molecule has 228 valence electrons. The van der Waals surface area contributed by atoms with Gasteiger partial charge in [-0.2, -0.15) is 10.2 Å². The van der Waals surface area contributed by atoms with Crippen LogP contribution in [0.4, 0.5) is 8.78 Å². The lowest BCUT2D eigenvalue weighted by atomic mass is 10.1. The summed E-state index contributed by atoms with van der Waals surface area (Å²) in [5, 5.41) is 10.6. The van der Waals surface area contributed by atoms with Gasteiger partial charge in [-0.05, 0) is 60.7 Å². The molecule has 0 bridgehead atoms. The third-order valence-electron chi connectivity index (χ3n) is 7.59. The molecule has 0 unspecified atom stereocenters. The molecule has 0 spiro atoms. The monoisotopic (exact) mass is 616 g/mol. The van der Waals surface area contributed by atoms with Gasteiger partial charge in [-0.25, -0.2) is 18.7 Å². The first kappa shape index (κ1) is 28.7. The highest BCUT2D eigenvalue weighted by atomic mass is 19.1. The third-order valence-corrected chi connectivity index (χ3v) is 7.59. The molecule has 0 amide bonds. The number of methoxy groups -OCH3 is 2. The summed E-state index contributed by atoms with van der Waals surface area (Å²) in [5.74, 6) is -0.433. The lowest BCUT2D eigenvalue weighted by Gasteiger charge is -2.06. The molecule has 0 N–H and O–H groups in total. The average molecular weight is 617 g/mol. The van der Waals surface area contributed by atoms with Crippen LogP contribution in [0.25, 0.3) is 66.4 Å². The lowest BCUT2D eigenvalue weighted by molar-refractivity contribution is 0.386. The predicted molar refractivity (Wildman–Crippen MR) is 172 cm³/mol. The molecule has 8 rings (SSSR count). The van der Waals surface area contributed by atoms with E-state index in [4.69, 9.17) is 9.47 Å². The number of aryl methyl sites for hydroxylation is 2. The fourth-order valence-corrected chi connectivity index (χ4v) is 5.24. The maximum absolute atomic E-state index is 13.9. The van der Waals surface area contributed by atoms with E-state index in [1.54, 1.807) is 52.2 Å². The maximum atomic E-state index is 13.9. The molecule has 0 atom stereocenters. The van der Waals surface area contributed by atoms with E-state index in [2.05, 4.69) is 30.1 Å². The minimum atomic E-state index is -0.424. The smallest absolute Gasteiger partial charge is 0.165 e. The second kappa shape index (κ2) is 11.5. The molecular formula is C34H26F2N8O2. The molecule has 0 radical (unpaired) electrons. The van der Waals surface area contributed by atoms with Gasteiger partial charge in [0, 0.05) is 42.2 Å². The Morgan fingerprint density at radius 3 is 1.74 bits per heavy atom. The first-order valence-corrected chi connectivity index (χ1v) is 14.2. The third kappa shape index (κ3) is 5.30. The fourth-order valence-electron chi connectivity index (χ4n) is 5.24. The molecule has 4 heterocycles. The zero-order valence-electron chi connectivity index (χ0n) is 25.2. The Hall–Kier alpha value is -6.04. The zero-order chi connectivity index (χ0) is 31.9. The average Bonchev–Trinajstić information content (AvgIpc) is 3.61. The Balaban J connectivity index is 0.000000147. The minimum absolute atomic E-state index is 0.206. The van der Waals surface area contributed by atoms with Gasteiger partial charge in [0.15, 0.2) is 23.1 Å². The normalized spacial score (nSPS) is 11.3. The van der Waals surface area contributed by atoms with Crippen molar-refractivity contribution >= 4 is 43.9 Å². The quantitative estimate of drug-likeness (QED) is 0.216. The van der Waals surface area contributed by atoms with Gasteiger partial charge < -0.3 is 9.47 Å². The highest BCUT2D eigenvalue weighted by molar-refractivity contribution is 5.94. The van der Waals surface area contributed by atoms with E-state index in [1.807, 2.05) is 44.6 Å². The van der Waals surface area contributed by atoms with Gasteiger partial charge in [0.05, 0.1) is 77.3 Å². The molecule has 0 aliphatic carbocycles. The second-order valence-electron chi connectivity index (χ2n) is 10.6. The van der Waals surface area contributed by atoms with Crippen molar-refractivity contribution < 1.29 is 18.3 Å². The Morgan fingerprint density at radius 2 is 1.17 bits per heavy atom. The number of hydrogen-bond donors (Lipinski definition) is 0. The molecule has 0 saturated carbocycles. The summed E-state index contributed by atoms with van der Waals surface area (Å²) in [4.78, 5) is 18.1. The summed E-state index contributed by atoms with van der Waals surface area (Å²) in [6.07, 6.45) is 7.02. The van der Waals surface area contributed by atoms with Gasteiger partial charge in [-0.3, -0.25) is 19.3 Å². The van der Waals surface area contributed by atoms with Crippen LogP contribution < -0.4 is 9.47 Å². The maximum Gasteiger partial charge on any atom is 0.165 e. The molecular weight excluding hydrogens is 590 g/mol. The number of fused-ring (bicyclic) bond motifs is 4. The SMILES string of the molecule is COc1ccc(-c2cnc3cc4cn(C)nc4cc3n2)cc1F.COc1ccc(-c2cnc3cc4cnn(C)c4cc3n2)cc1F. The van der Waals surface area contributed by atoms with E-state index in [9.17, 15) is 8.78 Å². The van der Waals surface area contributed by atoms with Gasteiger partial charge in [-0.1, -0.05) is 0 Å². The van der Waals surface area contributed by atoms with Crippen LogP contribution in [0.5, 0.6) is 11.5 Å². The summed E-state index contributed by atoms with van der Waals surface area (Å²) < 4.78 is 41.2. The van der Waals surface area contributed by atoms with Crippen LogP contribution in [-0.2, 0) is 14.1 Å². The van der Waals surface area contributed by atoms with E-state index >= 15 is 0 Å². The van der Waals surface area contributed by atoms with Crippen molar-refractivity contribution in [2.75, 3.05) is 14.2 Å². The van der Waals surface area contributed by atoms with Crippen molar-refractivity contribution in [2.24, 2.45) is 14.1 Å².